The second-order valence-electron chi connectivity index (χ2n) is 9.92. The van der Waals surface area contributed by atoms with E-state index in [4.69, 9.17) is 9.47 Å². The Morgan fingerprint density at radius 3 is 1.68 bits per heavy atom. The van der Waals surface area contributed by atoms with E-state index >= 15 is 0 Å². The van der Waals surface area contributed by atoms with Crippen LogP contribution in [-0.2, 0) is 6.42 Å². The SMILES string of the molecule is CCc1cccc(N(c2ccc(OC)cc2)c2ccc(OCCC(c3ccc(O)cc3)c3ccc(O)cc3)cc2)c1. The van der Waals surface area contributed by atoms with Crippen LogP contribution in [0.5, 0.6) is 23.0 Å². The summed E-state index contributed by atoms with van der Waals surface area (Å²) >= 11 is 0. The highest BCUT2D eigenvalue weighted by molar-refractivity contribution is 5.77. The van der Waals surface area contributed by atoms with Gasteiger partial charge in [0.05, 0.1) is 13.7 Å². The molecule has 0 spiro atoms. The molecule has 5 aromatic carbocycles. The van der Waals surface area contributed by atoms with Gasteiger partial charge in [-0.3, -0.25) is 0 Å². The Balaban J connectivity index is 1.34. The molecular weight excluding hydrogens is 510 g/mol. The minimum absolute atomic E-state index is 0.0619. The van der Waals surface area contributed by atoms with Crippen molar-refractivity contribution in [1.29, 1.82) is 0 Å². The fraction of sp³-hybridized carbons (Fsp3) is 0.167. The fourth-order valence-corrected chi connectivity index (χ4v) is 5.02. The van der Waals surface area contributed by atoms with E-state index in [1.165, 1.54) is 5.56 Å². The third-order valence-electron chi connectivity index (χ3n) is 7.27. The van der Waals surface area contributed by atoms with Crippen molar-refractivity contribution in [3.8, 4) is 23.0 Å². The lowest BCUT2D eigenvalue weighted by Crippen LogP contribution is -2.10. The van der Waals surface area contributed by atoms with Crippen LogP contribution >= 0.6 is 0 Å². The van der Waals surface area contributed by atoms with Gasteiger partial charge in [-0.2, -0.15) is 0 Å². The standard InChI is InChI=1S/C36H35NO4/c1-3-26-5-4-6-31(25-26)37(29-11-19-34(40-2)20-12-29)30-13-21-35(22-14-30)41-24-23-36(27-7-15-32(38)16-8-27)28-9-17-33(39)18-10-28/h4-22,25,36,38-39H,3,23-24H2,1-2H3. The number of phenols is 2. The van der Waals surface area contributed by atoms with Gasteiger partial charge in [0.25, 0.3) is 0 Å². The van der Waals surface area contributed by atoms with Crippen LogP contribution < -0.4 is 14.4 Å². The van der Waals surface area contributed by atoms with E-state index in [-0.39, 0.29) is 17.4 Å². The maximum Gasteiger partial charge on any atom is 0.119 e. The second kappa shape index (κ2) is 13.0. The number of nitrogens with zero attached hydrogens (tertiary/aromatic N) is 1. The number of hydrogen-bond acceptors (Lipinski definition) is 5. The molecule has 0 bridgehead atoms. The molecule has 5 aromatic rings. The van der Waals surface area contributed by atoms with E-state index in [1.807, 2.05) is 48.5 Å². The fourth-order valence-electron chi connectivity index (χ4n) is 5.02. The Morgan fingerprint density at radius 2 is 1.17 bits per heavy atom. The van der Waals surface area contributed by atoms with E-state index < -0.39 is 0 Å². The maximum absolute atomic E-state index is 9.76. The molecule has 0 amide bonds. The number of ether oxygens (including phenoxy) is 2. The number of anilines is 3. The van der Waals surface area contributed by atoms with Crippen molar-refractivity contribution in [2.24, 2.45) is 0 Å². The van der Waals surface area contributed by atoms with Crippen molar-refractivity contribution in [3.63, 3.8) is 0 Å². The van der Waals surface area contributed by atoms with E-state index in [2.05, 4.69) is 60.4 Å². The smallest absolute Gasteiger partial charge is 0.119 e. The summed E-state index contributed by atoms with van der Waals surface area (Å²) in [5.41, 5.74) is 6.60. The van der Waals surface area contributed by atoms with Gasteiger partial charge in [0.1, 0.15) is 23.0 Å². The average Bonchev–Trinajstić information content (AvgIpc) is 3.02. The first-order valence-corrected chi connectivity index (χ1v) is 13.9. The topological polar surface area (TPSA) is 62.2 Å². The summed E-state index contributed by atoms with van der Waals surface area (Å²) in [6, 6.07) is 39.4. The third kappa shape index (κ3) is 6.82. The molecule has 0 heterocycles. The summed E-state index contributed by atoms with van der Waals surface area (Å²) in [7, 11) is 1.67. The van der Waals surface area contributed by atoms with Gasteiger partial charge < -0.3 is 24.6 Å². The molecular formula is C36H35NO4. The molecule has 5 heteroatoms. The molecule has 0 atom stereocenters. The highest BCUT2D eigenvalue weighted by atomic mass is 16.5. The lowest BCUT2D eigenvalue weighted by molar-refractivity contribution is 0.304. The highest BCUT2D eigenvalue weighted by Gasteiger charge is 2.16. The van der Waals surface area contributed by atoms with Crippen LogP contribution in [0, 0.1) is 0 Å². The molecule has 0 radical (unpaired) electrons. The number of benzene rings is 5. The first-order chi connectivity index (χ1) is 20.0. The molecule has 5 rings (SSSR count). The van der Waals surface area contributed by atoms with Gasteiger partial charge >= 0.3 is 0 Å². The molecule has 5 nitrogen and oxygen atoms in total. The van der Waals surface area contributed by atoms with Gasteiger partial charge in [-0.1, -0.05) is 43.3 Å². The monoisotopic (exact) mass is 545 g/mol. The van der Waals surface area contributed by atoms with E-state index in [0.717, 1.165) is 52.5 Å². The summed E-state index contributed by atoms with van der Waals surface area (Å²) in [5.74, 6) is 2.14. The zero-order chi connectivity index (χ0) is 28.6. The Bertz CT molecular complexity index is 1480. The molecule has 0 aliphatic heterocycles. The first kappa shape index (κ1) is 27.7. The molecule has 0 saturated heterocycles. The summed E-state index contributed by atoms with van der Waals surface area (Å²) in [6.07, 6.45) is 1.70. The molecule has 41 heavy (non-hydrogen) atoms. The minimum Gasteiger partial charge on any atom is -0.508 e. The molecule has 208 valence electrons. The van der Waals surface area contributed by atoms with E-state index in [0.29, 0.717) is 6.61 Å². The van der Waals surface area contributed by atoms with Gasteiger partial charge in [0, 0.05) is 23.0 Å². The molecule has 0 fully saturated rings. The number of aryl methyl sites for hydroxylation is 1. The average molecular weight is 546 g/mol. The molecule has 0 unspecified atom stereocenters. The predicted octanol–water partition coefficient (Wildman–Crippen LogP) is 8.74. The number of hydrogen-bond donors (Lipinski definition) is 2. The summed E-state index contributed by atoms with van der Waals surface area (Å²) in [5, 5.41) is 19.5. The maximum atomic E-state index is 9.76. The van der Waals surface area contributed by atoms with Crippen LogP contribution in [0.15, 0.2) is 121 Å². The highest BCUT2D eigenvalue weighted by Crippen LogP contribution is 2.37. The minimum atomic E-state index is 0.0619. The Hall–Kier alpha value is -4.90. The largest absolute Gasteiger partial charge is 0.508 e. The summed E-state index contributed by atoms with van der Waals surface area (Å²) < 4.78 is 11.6. The van der Waals surface area contributed by atoms with E-state index in [9.17, 15) is 10.2 Å². The van der Waals surface area contributed by atoms with Crippen molar-refractivity contribution in [3.05, 3.63) is 138 Å². The second-order valence-corrected chi connectivity index (χ2v) is 9.92. The van der Waals surface area contributed by atoms with Crippen LogP contribution in [0.3, 0.4) is 0 Å². The van der Waals surface area contributed by atoms with Crippen LogP contribution in [0.4, 0.5) is 17.1 Å². The van der Waals surface area contributed by atoms with Crippen molar-refractivity contribution >= 4 is 17.1 Å². The normalized spacial score (nSPS) is 10.9. The third-order valence-corrected chi connectivity index (χ3v) is 7.27. The number of rotatable bonds is 11. The molecule has 0 aliphatic rings. The number of aromatic hydroxyl groups is 2. The van der Waals surface area contributed by atoms with Gasteiger partial charge in [-0.15, -0.1) is 0 Å². The summed E-state index contributed by atoms with van der Waals surface area (Å²) in [4.78, 5) is 2.23. The van der Waals surface area contributed by atoms with Crippen molar-refractivity contribution in [2.45, 2.75) is 25.7 Å². The quantitative estimate of drug-likeness (QED) is 0.174. The summed E-state index contributed by atoms with van der Waals surface area (Å²) in [6.45, 7) is 2.67. The Labute approximate surface area is 241 Å². The number of phenolic OH excluding ortho intramolecular Hbond substituents is 2. The molecule has 0 aliphatic carbocycles. The predicted molar refractivity (Wildman–Crippen MR) is 165 cm³/mol. The van der Waals surface area contributed by atoms with Gasteiger partial charge in [-0.05, 0) is 114 Å². The molecule has 2 N–H and O–H groups in total. The van der Waals surface area contributed by atoms with Crippen molar-refractivity contribution in [1.82, 2.24) is 0 Å². The van der Waals surface area contributed by atoms with Crippen LogP contribution in [0.2, 0.25) is 0 Å². The molecule has 0 saturated carbocycles. The molecule has 0 aromatic heterocycles. The van der Waals surface area contributed by atoms with Crippen LogP contribution in [0.1, 0.15) is 36.0 Å². The van der Waals surface area contributed by atoms with Gasteiger partial charge in [0.2, 0.25) is 0 Å². The van der Waals surface area contributed by atoms with E-state index in [1.54, 1.807) is 31.4 Å². The first-order valence-electron chi connectivity index (χ1n) is 13.9. The zero-order valence-corrected chi connectivity index (χ0v) is 23.4. The van der Waals surface area contributed by atoms with Crippen molar-refractivity contribution in [2.75, 3.05) is 18.6 Å². The van der Waals surface area contributed by atoms with Crippen molar-refractivity contribution < 1.29 is 19.7 Å². The van der Waals surface area contributed by atoms with Gasteiger partial charge in [-0.25, -0.2) is 0 Å². The van der Waals surface area contributed by atoms with Gasteiger partial charge in [0.15, 0.2) is 0 Å². The lowest BCUT2D eigenvalue weighted by atomic mass is 9.89. The lowest BCUT2D eigenvalue weighted by Gasteiger charge is -2.26. The zero-order valence-electron chi connectivity index (χ0n) is 23.4. The van der Waals surface area contributed by atoms with Crippen LogP contribution in [0.25, 0.3) is 0 Å². The number of methoxy groups -OCH3 is 1. The van der Waals surface area contributed by atoms with Crippen LogP contribution in [-0.4, -0.2) is 23.9 Å². The Kier molecular flexibility index (Phi) is 8.75. The Morgan fingerprint density at radius 1 is 0.634 bits per heavy atom.